The first-order valence-corrected chi connectivity index (χ1v) is 7.89. The molecule has 4 aliphatic rings. The van der Waals surface area contributed by atoms with Gasteiger partial charge in [0, 0.05) is 6.42 Å². The highest BCUT2D eigenvalue weighted by Gasteiger charge is 2.48. The zero-order valence-electron chi connectivity index (χ0n) is 11.5. The molecule has 1 aromatic carbocycles. The minimum absolute atomic E-state index is 0.538. The fraction of sp³-hybridized carbons (Fsp3) is 0.611. The summed E-state index contributed by atoms with van der Waals surface area (Å²) >= 11 is 0. The zero-order valence-corrected chi connectivity index (χ0v) is 11.5. The van der Waals surface area contributed by atoms with Gasteiger partial charge in [0.1, 0.15) is 0 Å². The van der Waals surface area contributed by atoms with Gasteiger partial charge in [-0.1, -0.05) is 30.3 Å². The molecular formula is C18H23O. The number of hydrogen-bond acceptors (Lipinski definition) is 1. The summed E-state index contributed by atoms with van der Waals surface area (Å²) in [7, 11) is 0. The molecule has 0 spiro atoms. The quantitative estimate of drug-likeness (QED) is 0.782. The van der Waals surface area contributed by atoms with E-state index in [1.807, 2.05) is 0 Å². The normalized spacial score (nSPS) is 39.7. The molecule has 0 aliphatic heterocycles. The first-order chi connectivity index (χ1) is 9.38. The monoisotopic (exact) mass is 255 g/mol. The second-order valence-corrected chi connectivity index (χ2v) is 6.89. The molecule has 0 N–H and O–H groups in total. The van der Waals surface area contributed by atoms with E-state index in [0.717, 1.165) is 30.1 Å². The standard InChI is InChI=1S/C18H23O/c1-2-4-13(5-3-1)6-7-19-18-16-9-14-8-15(11-16)12-17(18)10-14/h1-5,7,14-18H,6,8-12H2. The van der Waals surface area contributed by atoms with Crippen molar-refractivity contribution < 1.29 is 4.74 Å². The van der Waals surface area contributed by atoms with Crippen molar-refractivity contribution in [2.45, 2.75) is 44.6 Å². The van der Waals surface area contributed by atoms with Crippen LogP contribution in [-0.2, 0) is 11.2 Å². The van der Waals surface area contributed by atoms with Gasteiger partial charge in [-0.05, 0) is 61.3 Å². The Bertz CT molecular complexity index is 397. The number of benzene rings is 1. The summed E-state index contributed by atoms with van der Waals surface area (Å²) in [6, 6.07) is 10.6. The lowest BCUT2D eigenvalue weighted by Crippen LogP contribution is -2.49. The molecule has 19 heavy (non-hydrogen) atoms. The van der Waals surface area contributed by atoms with E-state index < -0.39 is 0 Å². The summed E-state index contributed by atoms with van der Waals surface area (Å²) in [4.78, 5) is 0. The van der Waals surface area contributed by atoms with Gasteiger partial charge in [-0.3, -0.25) is 0 Å². The van der Waals surface area contributed by atoms with Crippen LogP contribution in [0.2, 0.25) is 0 Å². The molecule has 1 radical (unpaired) electrons. The van der Waals surface area contributed by atoms with Gasteiger partial charge < -0.3 is 4.74 Å². The largest absolute Gasteiger partial charge is 0.371 e. The topological polar surface area (TPSA) is 9.23 Å². The van der Waals surface area contributed by atoms with E-state index in [2.05, 4.69) is 36.9 Å². The molecule has 4 fully saturated rings. The van der Waals surface area contributed by atoms with Crippen LogP contribution in [0.25, 0.3) is 0 Å². The Labute approximate surface area is 116 Å². The lowest BCUT2D eigenvalue weighted by atomic mass is 9.55. The molecule has 4 bridgehead atoms. The van der Waals surface area contributed by atoms with Crippen LogP contribution in [0.1, 0.15) is 37.7 Å². The van der Waals surface area contributed by atoms with Gasteiger partial charge in [-0.15, -0.1) is 0 Å². The molecule has 0 unspecified atom stereocenters. The van der Waals surface area contributed by atoms with Crippen LogP contribution in [0.3, 0.4) is 0 Å². The van der Waals surface area contributed by atoms with Crippen LogP contribution in [0.4, 0.5) is 0 Å². The van der Waals surface area contributed by atoms with E-state index in [4.69, 9.17) is 4.74 Å². The summed E-state index contributed by atoms with van der Waals surface area (Å²) in [6.45, 7) is 2.07. The number of rotatable bonds is 4. The second-order valence-electron chi connectivity index (χ2n) is 6.89. The number of ether oxygens (including phenoxy) is 1. The van der Waals surface area contributed by atoms with Gasteiger partial charge in [0.2, 0.25) is 0 Å². The van der Waals surface area contributed by atoms with Crippen molar-refractivity contribution in [2.24, 2.45) is 23.7 Å². The Morgan fingerprint density at radius 2 is 1.53 bits per heavy atom. The van der Waals surface area contributed by atoms with E-state index in [1.165, 1.54) is 37.7 Å². The minimum Gasteiger partial charge on any atom is -0.371 e. The summed E-state index contributed by atoms with van der Waals surface area (Å²) in [6.07, 6.45) is 8.77. The van der Waals surface area contributed by atoms with Gasteiger partial charge in [0.05, 0.1) is 12.7 Å². The molecule has 0 atom stereocenters. The van der Waals surface area contributed by atoms with Crippen LogP contribution in [0.15, 0.2) is 30.3 Å². The fourth-order valence-corrected chi connectivity index (χ4v) is 4.97. The van der Waals surface area contributed by atoms with E-state index in [0.29, 0.717) is 6.10 Å². The van der Waals surface area contributed by atoms with E-state index in [9.17, 15) is 0 Å². The van der Waals surface area contributed by atoms with Gasteiger partial charge in [0.25, 0.3) is 0 Å². The predicted molar refractivity (Wildman–Crippen MR) is 76.4 cm³/mol. The molecule has 5 rings (SSSR count). The number of hydrogen-bond donors (Lipinski definition) is 0. The second kappa shape index (κ2) is 4.94. The lowest BCUT2D eigenvalue weighted by Gasteiger charge is -2.53. The molecule has 0 amide bonds. The summed E-state index contributed by atoms with van der Waals surface area (Å²) in [5.41, 5.74) is 1.35. The van der Waals surface area contributed by atoms with Crippen LogP contribution in [0.5, 0.6) is 0 Å². The van der Waals surface area contributed by atoms with Crippen LogP contribution < -0.4 is 0 Å². The average Bonchev–Trinajstić information content (AvgIpc) is 2.42. The third-order valence-corrected chi connectivity index (χ3v) is 5.56. The van der Waals surface area contributed by atoms with Crippen LogP contribution in [0, 0.1) is 30.3 Å². The van der Waals surface area contributed by atoms with Crippen LogP contribution in [-0.4, -0.2) is 6.10 Å². The molecule has 0 saturated heterocycles. The van der Waals surface area contributed by atoms with E-state index in [-0.39, 0.29) is 0 Å². The molecule has 4 aliphatic carbocycles. The third-order valence-electron chi connectivity index (χ3n) is 5.56. The summed E-state index contributed by atoms with van der Waals surface area (Å²) in [5.74, 6) is 3.81. The first-order valence-electron chi connectivity index (χ1n) is 7.89. The molecular weight excluding hydrogens is 232 g/mol. The average molecular weight is 255 g/mol. The van der Waals surface area contributed by atoms with E-state index in [1.54, 1.807) is 0 Å². The Kier molecular flexibility index (Phi) is 3.11. The lowest BCUT2D eigenvalue weighted by molar-refractivity contribution is -0.109. The molecule has 0 aromatic heterocycles. The van der Waals surface area contributed by atoms with Crippen molar-refractivity contribution >= 4 is 0 Å². The maximum atomic E-state index is 6.20. The Morgan fingerprint density at radius 1 is 0.895 bits per heavy atom. The highest BCUT2D eigenvalue weighted by molar-refractivity contribution is 5.15. The first kappa shape index (κ1) is 12.0. The molecule has 1 heteroatoms. The fourth-order valence-electron chi connectivity index (χ4n) is 4.97. The summed E-state index contributed by atoms with van der Waals surface area (Å²) < 4.78 is 6.20. The Morgan fingerprint density at radius 3 is 2.16 bits per heavy atom. The SMILES string of the molecule is [CH](Cc1ccccc1)OC1C2CC3CC(C2)CC1C3. The van der Waals surface area contributed by atoms with Crippen molar-refractivity contribution in [1.82, 2.24) is 0 Å². The van der Waals surface area contributed by atoms with E-state index >= 15 is 0 Å². The Hall–Kier alpha value is -0.820. The summed E-state index contributed by atoms with van der Waals surface area (Å²) in [5, 5.41) is 0. The molecule has 1 nitrogen and oxygen atoms in total. The highest BCUT2D eigenvalue weighted by atomic mass is 16.5. The Balaban J connectivity index is 1.34. The van der Waals surface area contributed by atoms with Crippen molar-refractivity contribution in [1.29, 1.82) is 0 Å². The van der Waals surface area contributed by atoms with Gasteiger partial charge in [-0.2, -0.15) is 0 Å². The minimum atomic E-state index is 0.538. The maximum Gasteiger partial charge on any atom is 0.0884 e. The smallest absolute Gasteiger partial charge is 0.0884 e. The zero-order chi connectivity index (χ0) is 12.7. The van der Waals surface area contributed by atoms with Gasteiger partial charge in [0.15, 0.2) is 0 Å². The van der Waals surface area contributed by atoms with Crippen molar-refractivity contribution in [3.63, 3.8) is 0 Å². The molecule has 4 saturated carbocycles. The van der Waals surface area contributed by atoms with Crippen molar-refractivity contribution in [3.05, 3.63) is 42.5 Å². The van der Waals surface area contributed by atoms with Gasteiger partial charge in [-0.25, -0.2) is 0 Å². The molecule has 101 valence electrons. The van der Waals surface area contributed by atoms with Crippen molar-refractivity contribution in [2.75, 3.05) is 0 Å². The highest BCUT2D eigenvalue weighted by Crippen LogP contribution is 2.54. The van der Waals surface area contributed by atoms with Gasteiger partial charge >= 0.3 is 0 Å². The molecule has 0 heterocycles. The molecule has 1 aromatic rings. The van der Waals surface area contributed by atoms with Crippen LogP contribution >= 0.6 is 0 Å². The maximum absolute atomic E-state index is 6.20. The third kappa shape index (κ3) is 2.33. The predicted octanol–water partition coefficient (Wildman–Crippen LogP) is 4.23. The van der Waals surface area contributed by atoms with Crippen molar-refractivity contribution in [3.8, 4) is 0 Å².